The summed E-state index contributed by atoms with van der Waals surface area (Å²) < 4.78 is 0. The first-order valence-corrected chi connectivity index (χ1v) is 7.09. The molecule has 0 saturated heterocycles. The van der Waals surface area contributed by atoms with Crippen molar-refractivity contribution in [3.63, 3.8) is 0 Å². The van der Waals surface area contributed by atoms with Crippen molar-refractivity contribution in [2.45, 2.75) is 26.3 Å². The topological polar surface area (TPSA) is 36.1 Å². The molecule has 2 saturated carbocycles. The van der Waals surface area contributed by atoms with Gasteiger partial charge in [-0.05, 0) is 37.3 Å². The third-order valence-corrected chi connectivity index (χ3v) is 4.81. The summed E-state index contributed by atoms with van der Waals surface area (Å²) in [6.45, 7) is 3.60. The molecule has 19 heavy (non-hydrogen) atoms. The van der Waals surface area contributed by atoms with Gasteiger partial charge in [0.2, 0.25) is 5.91 Å². The molecule has 1 amide bonds. The molecule has 1 heterocycles. The Balaban J connectivity index is 1.60. The summed E-state index contributed by atoms with van der Waals surface area (Å²) in [5, 5.41) is 1.23. The fraction of sp³-hybridized carbons (Fsp3) is 0.438. The lowest BCUT2D eigenvalue weighted by Crippen LogP contribution is -2.33. The van der Waals surface area contributed by atoms with Crippen LogP contribution in [0.1, 0.15) is 25.3 Å². The second kappa shape index (κ2) is 3.62. The molecule has 0 bridgehead atoms. The van der Waals surface area contributed by atoms with E-state index in [1.54, 1.807) is 0 Å². The monoisotopic (exact) mass is 254 g/mol. The summed E-state index contributed by atoms with van der Waals surface area (Å²) in [7, 11) is 0. The number of aromatic nitrogens is 1. The predicted molar refractivity (Wildman–Crippen MR) is 74.5 cm³/mol. The number of nitrogens with one attached hydrogen (secondary N) is 1. The van der Waals surface area contributed by atoms with E-state index in [-0.39, 0.29) is 5.41 Å². The minimum Gasteiger partial charge on any atom is -0.361 e. The molecule has 98 valence electrons. The maximum atomic E-state index is 12.5. The molecule has 4 rings (SSSR count). The van der Waals surface area contributed by atoms with Crippen LogP contribution in [-0.2, 0) is 11.3 Å². The second-order valence-corrected chi connectivity index (χ2v) is 5.94. The van der Waals surface area contributed by atoms with Crippen LogP contribution in [0.25, 0.3) is 10.9 Å². The molecule has 3 heteroatoms. The van der Waals surface area contributed by atoms with Crippen LogP contribution in [-0.4, -0.2) is 22.3 Å². The number of carbonyl (C=O) groups is 1. The third-order valence-electron chi connectivity index (χ3n) is 4.81. The maximum Gasteiger partial charge on any atom is 0.229 e. The Morgan fingerprint density at radius 2 is 2.16 bits per heavy atom. The van der Waals surface area contributed by atoms with Crippen LogP contribution in [0.5, 0.6) is 0 Å². The highest BCUT2D eigenvalue weighted by Gasteiger charge is 2.75. The van der Waals surface area contributed by atoms with Gasteiger partial charge in [-0.2, -0.15) is 0 Å². The molecule has 1 N–H and O–H groups in total. The SMILES string of the molecule is CCN(Cc1c[nH]c2ccccc12)C(=O)C12CC1C2. The van der Waals surface area contributed by atoms with E-state index in [0.29, 0.717) is 5.91 Å². The third kappa shape index (κ3) is 1.54. The van der Waals surface area contributed by atoms with Gasteiger partial charge in [0.25, 0.3) is 0 Å². The number of para-hydroxylation sites is 1. The second-order valence-electron chi connectivity index (χ2n) is 5.94. The first-order valence-electron chi connectivity index (χ1n) is 7.09. The van der Waals surface area contributed by atoms with Crippen LogP contribution >= 0.6 is 0 Å². The number of amides is 1. The summed E-state index contributed by atoms with van der Waals surface area (Å²) in [5.41, 5.74) is 2.46. The molecule has 2 aromatic rings. The van der Waals surface area contributed by atoms with E-state index in [1.165, 1.54) is 10.9 Å². The van der Waals surface area contributed by atoms with Gasteiger partial charge in [0.05, 0.1) is 5.41 Å². The van der Waals surface area contributed by atoms with E-state index in [4.69, 9.17) is 0 Å². The van der Waals surface area contributed by atoms with Gasteiger partial charge in [-0.15, -0.1) is 0 Å². The smallest absolute Gasteiger partial charge is 0.229 e. The molecule has 1 aromatic carbocycles. The number of aromatic amines is 1. The van der Waals surface area contributed by atoms with Crippen molar-refractivity contribution in [3.8, 4) is 0 Å². The summed E-state index contributed by atoms with van der Waals surface area (Å²) in [6.07, 6.45) is 4.31. The first kappa shape index (κ1) is 11.1. The average Bonchev–Trinajstić information content (AvgIpc) is 3.25. The zero-order valence-electron chi connectivity index (χ0n) is 11.1. The Hall–Kier alpha value is -1.77. The van der Waals surface area contributed by atoms with E-state index < -0.39 is 0 Å². The Labute approximate surface area is 112 Å². The quantitative estimate of drug-likeness (QED) is 0.894. The molecule has 2 aliphatic carbocycles. The lowest BCUT2D eigenvalue weighted by molar-refractivity contribution is -0.135. The zero-order chi connectivity index (χ0) is 13.0. The number of benzene rings is 1. The number of rotatable bonds is 4. The van der Waals surface area contributed by atoms with E-state index in [2.05, 4.69) is 24.0 Å². The summed E-state index contributed by atoms with van der Waals surface area (Å²) in [4.78, 5) is 17.8. The Kier molecular flexibility index (Phi) is 2.12. The number of hydrogen-bond donors (Lipinski definition) is 1. The fourth-order valence-corrected chi connectivity index (χ4v) is 3.16. The van der Waals surface area contributed by atoms with Crippen LogP contribution in [0.4, 0.5) is 0 Å². The number of nitrogens with zero attached hydrogens (tertiary/aromatic N) is 1. The minimum atomic E-state index is 0.0854. The number of H-pyrrole nitrogens is 1. The van der Waals surface area contributed by atoms with Crippen molar-refractivity contribution in [2.24, 2.45) is 11.3 Å². The highest BCUT2D eigenvalue weighted by Crippen LogP contribution is 2.76. The van der Waals surface area contributed by atoms with Crippen molar-refractivity contribution in [2.75, 3.05) is 6.54 Å². The summed E-state index contributed by atoms with van der Waals surface area (Å²) in [5.74, 6) is 1.10. The Morgan fingerprint density at radius 3 is 2.84 bits per heavy atom. The van der Waals surface area contributed by atoms with Gasteiger partial charge in [0.1, 0.15) is 0 Å². The number of hydrogen-bond acceptors (Lipinski definition) is 1. The number of carbonyl (C=O) groups excluding carboxylic acids is 1. The van der Waals surface area contributed by atoms with Crippen molar-refractivity contribution < 1.29 is 4.79 Å². The molecule has 0 aliphatic heterocycles. The van der Waals surface area contributed by atoms with Crippen LogP contribution in [0.15, 0.2) is 30.5 Å². The Bertz CT molecular complexity index is 652. The molecule has 0 unspecified atom stereocenters. The number of fused-ring (bicyclic) bond motifs is 2. The molecular weight excluding hydrogens is 236 g/mol. The van der Waals surface area contributed by atoms with Gasteiger partial charge in [-0.3, -0.25) is 4.79 Å². The van der Waals surface area contributed by atoms with Crippen LogP contribution in [0.3, 0.4) is 0 Å². The summed E-state index contributed by atoms with van der Waals surface area (Å²) in [6, 6.07) is 8.28. The van der Waals surface area contributed by atoms with E-state index >= 15 is 0 Å². The average molecular weight is 254 g/mol. The molecule has 3 nitrogen and oxygen atoms in total. The van der Waals surface area contributed by atoms with E-state index in [0.717, 1.165) is 37.4 Å². The van der Waals surface area contributed by atoms with Crippen molar-refractivity contribution >= 4 is 16.8 Å². The van der Waals surface area contributed by atoms with Gasteiger partial charge in [-0.1, -0.05) is 18.2 Å². The molecule has 2 aliphatic rings. The van der Waals surface area contributed by atoms with Crippen LogP contribution in [0, 0.1) is 11.3 Å². The molecule has 1 aromatic heterocycles. The molecule has 0 atom stereocenters. The van der Waals surface area contributed by atoms with E-state index in [9.17, 15) is 4.79 Å². The van der Waals surface area contributed by atoms with Gasteiger partial charge in [-0.25, -0.2) is 0 Å². The van der Waals surface area contributed by atoms with E-state index in [1.807, 2.05) is 23.2 Å². The lowest BCUT2D eigenvalue weighted by atomic mass is 10.1. The highest BCUT2D eigenvalue weighted by atomic mass is 16.2. The molecular formula is C16H18N2O. The highest BCUT2D eigenvalue weighted by molar-refractivity contribution is 5.90. The minimum absolute atomic E-state index is 0.0854. The van der Waals surface area contributed by atoms with Crippen molar-refractivity contribution in [1.29, 1.82) is 0 Å². The molecule has 0 radical (unpaired) electrons. The fourth-order valence-electron chi connectivity index (χ4n) is 3.16. The normalized spacial score (nSPS) is 27.1. The lowest BCUT2D eigenvalue weighted by Gasteiger charge is -2.22. The van der Waals surface area contributed by atoms with Gasteiger partial charge >= 0.3 is 0 Å². The first-order chi connectivity index (χ1) is 9.24. The van der Waals surface area contributed by atoms with Gasteiger partial charge < -0.3 is 9.88 Å². The largest absolute Gasteiger partial charge is 0.361 e. The summed E-state index contributed by atoms with van der Waals surface area (Å²) >= 11 is 0. The molecule has 2 fully saturated rings. The predicted octanol–water partition coefficient (Wildman–Crippen LogP) is 2.93. The van der Waals surface area contributed by atoms with Crippen molar-refractivity contribution in [1.82, 2.24) is 9.88 Å². The standard InChI is InChI=1S/C16H18N2O/c1-2-18(15(19)16-7-12(16)8-16)10-11-9-17-14-6-4-3-5-13(11)14/h3-6,9,12,17H,2,7-8,10H2,1H3. The Morgan fingerprint density at radius 1 is 1.42 bits per heavy atom. The molecule has 0 spiro atoms. The van der Waals surface area contributed by atoms with Gasteiger partial charge in [0, 0.05) is 30.2 Å². The van der Waals surface area contributed by atoms with Gasteiger partial charge in [0.15, 0.2) is 0 Å². The van der Waals surface area contributed by atoms with Crippen LogP contribution < -0.4 is 0 Å². The van der Waals surface area contributed by atoms with Crippen molar-refractivity contribution in [3.05, 3.63) is 36.0 Å². The zero-order valence-corrected chi connectivity index (χ0v) is 11.1. The maximum absolute atomic E-state index is 12.5. The van der Waals surface area contributed by atoms with Crippen LogP contribution in [0.2, 0.25) is 0 Å².